The molecule has 0 aliphatic rings. The minimum atomic E-state index is 0.480. The van der Waals surface area contributed by atoms with Crippen molar-refractivity contribution in [2.75, 3.05) is 17.6 Å². The van der Waals surface area contributed by atoms with Gasteiger partial charge >= 0.3 is 0 Å². The molecule has 0 fully saturated rings. The third kappa shape index (κ3) is 2.58. The van der Waals surface area contributed by atoms with E-state index in [-0.39, 0.29) is 0 Å². The predicted molar refractivity (Wildman–Crippen MR) is 59.1 cm³/mol. The molecule has 1 aromatic rings. The van der Waals surface area contributed by atoms with Crippen LogP contribution in [-0.2, 0) is 0 Å². The summed E-state index contributed by atoms with van der Waals surface area (Å²) < 4.78 is 0. The second-order valence-electron chi connectivity index (χ2n) is 3.68. The first-order valence-corrected chi connectivity index (χ1v) is 4.96. The van der Waals surface area contributed by atoms with Crippen LogP contribution in [0.5, 0.6) is 0 Å². The summed E-state index contributed by atoms with van der Waals surface area (Å²) in [5, 5.41) is 10.9. The van der Waals surface area contributed by atoms with E-state index in [2.05, 4.69) is 29.4 Å². The number of rotatable bonds is 4. The molecule has 1 unspecified atom stereocenters. The van der Waals surface area contributed by atoms with Crippen LogP contribution < -0.4 is 11.1 Å². The molecule has 0 aromatic carbocycles. The first-order chi connectivity index (χ1) is 6.65. The molecule has 78 valence electrons. The van der Waals surface area contributed by atoms with Crippen LogP contribution in [0.4, 0.5) is 11.5 Å². The monoisotopic (exact) mass is 194 g/mol. The van der Waals surface area contributed by atoms with E-state index < -0.39 is 0 Å². The van der Waals surface area contributed by atoms with Gasteiger partial charge in [-0.3, -0.25) is 0 Å². The van der Waals surface area contributed by atoms with E-state index in [1.165, 1.54) is 0 Å². The van der Waals surface area contributed by atoms with E-state index >= 15 is 0 Å². The number of anilines is 2. The fourth-order valence-electron chi connectivity index (χ4n) is 1.14. The zero-order valence-electron chi connectivity index (χ0n) is 9.04. The van der Waals surface area contributed by atoms with Crippen molar-refractivity contribution < 1.29 is 0 Å². The number of hydrogen-bond donors (Lipinski definition) is 2. The lowest BCUT2D eigenvalue weighted by atomic mass is 10.1. The second-order valence-corrected chi connectivity index (χ2v) is 3.68. The van der Waals surface area contributed by atoms with Gasteiger partial charge in [-0.1, -0.05) is 20.3 Å². The Morgan fingerprint density at radius 2 is 2.29 bits per heavy atom. The van der Waals surface area contributed by atoms with Crippen molar-refractivity contribution in [3.8, 4) is 0 Å². The number of aryl methyl sites for hydroxylation is 1. The highest BCUT2D eigenvalue weighted by molar-refractivity contribution is 5.64. The molecule has 1 aromatic heterocycles. The van der Waals surface area contributed by atoms with Gasteiger partial charge in [0.15, 0.2) is 5.82 Å². The fourth-order valence-corrected chi connectivity index (χ4v) is 1.14. The first kappa shape index (κ1) is 10.8. The van der Waals surface area contributed by atoms with Crippen LogP contribution in [0.3, 0.4) is 0 Å². The quantitative estimate of drug-likeness (QED) is 0.767. The molecule has 3 N–H and O–H groups in total. The van der Waals surface area contributed by atoms with Gasteiger partial charge in [-0.05, 0) is 18.4 Å². The Bertz CT molecular complexity index is 278. The molecule has 0 radical (unpaired) electrons. The van der Waals surface area contributed by atoms with Gasteiger partial charge in [-0.25, -0.2) is 0 Å². The topological polar surface area (TPSA) is 63.8 Å². The van der Waals surface area contributed by atoms with Crippen LogP contribution in [0.15, 0.2) is 6.20 Å². The van der Waals surface area contributed by atoms with Crippen LogP contribution in [-0.4, -0.2) is 16.7 Å². The van der Waals surface area contributed by atoms with Crippen molar-refractivity contribution in [3.63, 3.8) is 0 Å². The average molecular weight is 194 g/mol. The molecular formula is C10H18N4. The summed E-state index contributed by atoms with van der Waals surface area (Å²) in [6.07, 6.45) is 2.87. The van der Waals surface area contributed by atoms with E-state index in [1.807, 2.05) is 6.92 Å². The molecule has 4 heteroatoms. The zero-order chi connectivity index (χ0) is 10.6. The summed E-state index contributed by atoms with van der Waals surface area (Å²) in [5.74, 6) is 1.12. The van der Waals surface area contributed by atoms with E-state index in [1.54, 1.807) is 6.20 Å². The summed E-state index contributed by atoms with van der Waals surface area (Å²) in [6.45, 7) is 7.28. The minimum Gasteiger partial charge on any atom is -0.381 e. The number of nitrogens with two attached hydrogens (primary N) is 1. The third-order valence-electron chi connectivity index (χ3n) is 2.39. The Balaban J connectivity index is 2.66. The number of nitrogens with one attached hydrogen (secondary N) is 1. The Hall–Kier alpha value is -1.32. The van der Waals surface area contributed by atoms with E-state index in [4.69, 9.17) is 5.73 Å². The lowest BCUT2D eigenvalue weighted by Gasteiger charge is -2.13. The predicted octanol–water partition coefficient (Wildman–Crippen LogP) is 1.83. The Labute approximate surface area is 84.9 Å². The van der Waals surface area contributed by atoms with Crippen molar-refractivity contribution in [2.24, 2.45) is 5.92 Å². The minimum absolute atomic E-state index is 0.480. The number of hydrogen-bond acceptors (Lipinski definition) is 4. The highest BCUT2D eigenvalue weighted by atomic mass is 15.1. The lowest BCUT2D eigenvalue weighted by molar-refractivity contribution is 0.593. The van der Waals surface area contributed by atoms with Gasteiger partial charge < -0.3 is 11.1 Å². The van der Waals surface area contributed by atoms with Crippen LogP contribution in [0, 0.1) is 12.8 Å². The summed E-state index contributed by atoms with van der Waals surface area (Å²) in [4.78, 5) is 0. The molecular weight excluding hydrogens is 176 g/mol. The van der Waals surface area contributed by atoms with Crippen molar-refractivity contribution >= 4 is 11.5 Å². The van der Waals surface area contributed by atoms with Crippen LogP contribution >= 0.6 is 0 Å². The normalized spacial score (nSPS) is 12.5. The van der Waals surface area contributed by atoms with Crippen molar-refractivity contribution in [3.05, 3.63) is 11.8 Å². The molecule has 4 nitrogen and oxygen atoms in total. The summed E-state index contributed by atoms with van der Waals surface area (Å²) in [7, 11) is 0. The van der Waals surface area contributed by atoms with Gasteiger partial charge in [0, 0.05) is 6.54 Å². The molecule has 0 aliphatic carbocycles. The van der Waals surface area contributed by atoms with Gasteiger partial charge in [0.2, 0.25) is 0 Å². The fraction of sp³-hybridized carbons (Fsp3) is 0.600. The van der Waals surface area contributed by atoms with Crippen molar-refractivity contribution in [1.82, 2.24) is 10.2 Å². The molecule has 1 rings (SSSR count). The van der Waals surface area contributed by atoms with Crippen molar-refractivity contribution in [1.29, 1.82) is 0 Å². The second kappa shape index (κ2) is 4.79. The van der Waals surface area contributed by atoms with Crippen LogP contribution in [0.2, 0.25) is 0 Å². The van der Waals surface area contributed by atoms with Crippen LogP contribution in [0.1, 0.15) is 25.8 Å². The molecule has 0 saturated carbocycles. The van der Waals surface area contributed by atoms with E-state index in [9.17, 15) is 0 Å². The average Bonchev–Trinajstić information content (AvgIpc) is 2.16. The largest absolute Gasteiger partial charge is 0.381 e. The molecule has 1 heterocycles. The molecule has 0 bridgehead atoms. The molecule has 14 heavy (non-hydrogen) atoms. The smallest absolute Gasteiger partial charge is 0.169 e. The highest BCUT2D eigenvalue weighted by Crippen LogP contribution is 2.19. The highest BCUT2D eigenvalue weighted by Gasteiger charge is 2.05. The van der Waals surface area contributed by atoms with E-state index in [0.717, 1.165) is 24.2 Å². The van der Waals surface area contributed by atoms with Crippen molar-refractivity contribution in [2.45, 2.75) is 27.2 Å². The Morgan fingerprint density at radius 1 is 1.57 bits per heavy atom. The molecule has 0 amide bonds. The third-order valence-corrected chi connectivity index (χ3v) is 2.39. The van der Waals surface area contributed by atoms with Crippen LogP contribution in [0.25, 0.3) is 0 Å². The van der Waals surface area contributed by atoms with Gasteiger partial charge in [-0.15, -0.1) is 5.10 Å². The SMILES string of the molecule is CCC(C)CNc1c(C)cnnc1N. The number of nitrogens with zero attached hydrogens (tertiary/aromatic N) is 2. The summed E-state index contributed by atoms with van der Waals surface area (Å²) >= 11 is 0. The summed E-state index contributed by atoms with van der Waals surface area (Å²) in [5.41, 5.74) is 7.67. The Kier molecular flexibility index (Phi) is 3.68. The van der Waals surface area contributed by atoms with Gasteiger partial charge in [0.25, 0.3) is 0 Å². The first-order valence-electron chi connectivity index (χ1n) is 4.96. The molecule has 0 aliphatic heterocycles. The number of aromatic nitrogens is 2. The standard InChI is InChI=1S/C10H18N4/c1-4-7(2)5-12-9-8(3)6-13-14-10(9)11/h6-7H,4-5H2,1-3H3,(H2,11,14)(H,12,13). The number of nitrogen functional groups attached to an aromatic ring is 1. The molecule has 0 saturated heterocycles. The van der Waals surface area contributed by atoms with Gasteiger partial charge in [0.05, 0.1) is 11.9 Å². The van der Waals surface area contributed by atoms with Gasteiger partial charge in [0.1, 0.15) is 0 Å². The maximum atomic E-state index is 5.71. The Morgan fingerprint density at radius 3 is 2.86 bits per heavy atom. The summed E-state index contributed by atoms with van der Waals surface area (Å²) in [6, 6.07) is 0. The molecule has 1 atom stereocenters. The molecule has 0 spiro atoms. The zero-order valence-corrected chi connectivity index (χ0v) is 9.04. The lowest BCUT2D eigenvalue weighted by Crippen LogP contribution is -2.13. The van der Waals surface area contributed by atoms with Gasteiger partial charge in [-0.2, -0.15) is 5.10 Å². The maximum absolute atomic E-state index is 5.71. The maximum Gasteiger partial charge on any atom is 0.169 e. The van der Waals surface area contributed by atoms with E-state index in [0.29, 0.717) is 11.7 Å².